The van der Waals surface area contributed by atoms with Crippen molar-refractivity contribution in [2.75, 3.05) is 30.9 Å². The Morgan fingerprint density at radius 1 is 1.47 bits per heavy atom. The SMILES string of the molecule is CSc1cccc(N2CCC(CO)CC2)c1C(=N)N. The molecule has 1 saturated heterocycles. The van der Waals surface area contributed by atoms with E-state index in [-0.39, 0.29) is 12.4 Å². The molecule has 1 fully saturated rings. The van der Waals surface area contributed by atoms with Crippen molar-refractivity contribution in [2.24, 2.45) is 11.7 Å². The molecule has 0 amide bonds. The van der Waals surface area contributed by atoms with Crippen LogP contribution >= 0.6 is 11.8 Å². The maximum absolute atomic E-state index is 9.20. The number of nitrogens with two attached hydrogens (primary N) is 1. The Kier molecular flexibility index (Phi) is 4.71. The molecule has 104 valence electrons. The molecular weight excluding hydrogens is 258 g/mol. The molecule has 0 atom stereocenters. The molecule has 2 rings (SSSR count). The van der Waals surface area contributed by atoms with Gasteiger partial charge in [-0.15, -0.1) is 11.8 Å². The fourth-order valence-electron chi connectivity index (χ4n) is 2.58. The minimum Gasteiger partial charge on any atom is -0.396 e. The number of aliphatic hydroxyl groups is 1. The zero-order chi connectivity index (χ0) is 13.8. The molecule has 0 aliphatic carbocycles. The first-order valence-corrected chi connectivity index (χ1v) is 7.77. The van der Waals surface area contributed by atoms with Crippen molar-refractivity contribution in [1.82, 2.24) is 0 Å². The lowest BCUT2D eigenvalue weighted by molar-refractivity contribution is 0.203. The van der Waals surface area contributed by atoms with Gasteiger partial charge in [0.2, 0.25) is 0 Å². The Bertz CT molecular complexity index is 456. The molecule has 1 aromatic rings. The number of nitrogen functional groups attached to an aromatic ring is 1. The average Bonchev–Trinajstić information content (AvgIpc) is 2.46. The summed E-state index contributed by atoms with van der Waals surface area (Å²) in [5.74, 6) is 0.546. The monoisotopic (exact) mass is 279 g/mol. The van der Waals surface area contributed by atoms with E-state index in [1.54, 1.807) is 11.8 Å². The van der Waals surface area contributed by atoms with Crippen molar-refractivity contribution in [2.45, 2.75) is 17.7 Å². The average molecular weight is 279 g/mol. The summed E-state index contributed by atoms with van der Waals surface area (Å²) in [7, 11) is 0. The molecule has 1 aromatic carbocycles. The quantitative estimate of drug-likeness (QED) is 0.447. The summed E-state index contributed by atoms with van der Waals surface area (Å²) in [6.07, 6.45) is 4.00. The standard InChI is InChI=1S/C14H21N3OS/c1-19-12-4-2-3-11(13(12)14(15)16)17-7-5-10(9-18)6-8-17/h2-4,10,18H,5-9H2,1H3,(H3,15,16). The second kappa shape index (κ2) is 6.30. The van der Waals surface area contributed by atoms with E-state index >= 15 is 0 Å². The first-order valence-electron chi connectivity index (χ1n) is 6.54. The topological polar surface area (TPSA) is 73.3 Å². The van der Waals surface area contributed by atoms with Crippen molar-refractivity contribution >= 4 is 23.3 Å². The van der Waals surface area contributed by atoms with Gasteiger partial charge in [-0.2, -0.15) is 0 Å². The van der Waals surface area contributed by atoms with E-state index in [4.69, 9.17) is 11.1 Å². The minimum absolute atomic E-state index is 0.129. The molecule has 1 aliphatic heterocycles. The van der Waals surface area contributed by atoms with Crippen LogP contribution in [0.4, 0.5) is 5.69 Å². The molecule has 4 N–H and O–H groups in total. The summed E-state index contributed by atoms with van der Waals surface area (Å²) in [6, 6.07) is 6.06. The minimum atomic E-state index is 0.129. The Morgan fingerprint density at radius 2 is 2.16 bits per heavy atom. The van der Waals surface area contributed by atoms with Crippen molar-refractivity contribution in [3.05, 3.63) is 23.8 Å². The highest BCUT2D eigenvalue weighted by Crippen LogP contribution is 2.31. The highest BCUT2D eigenvalue weighted by Gasteiger charge is 2.22. The van der Waals surface area contributed by atoms with Gasteiger partial charge in [-0.1, -0.05) is 6.07 Å². The highest BCUT2D eigenvalue weighted by molar-refractivity contribution is 7.98. The fourth-order valence-corrected chi connectivity index (χ4v) is 3.21. The lowest BCUT2D eigenvalue weighted by atomic mass is 9.97. The van der Waals surface area contributed by atoms with Gasteiger partial charge in [0, 0.05) is 30.3 Å². The molecular formula is C14H21N3OS. The van der Waals surface area contributed by atoms with Crippen LogP contribution in [0, 0.1) is 11.3 Å². The van der Waals surface area contributed by atoms with Crippen molar-refractivity contribution in [1.29, 1.82) is 5.41 Å². The van der Waals surface area contributed by atoms with E-state index < -0.39 is 0 Å². The van der Waals surface area contributed by atoms with Crippen LogP contribution in [0.5, 0.6) is 0 Å². The summed E-state index contributed by atoms with van der Waals surface area (Å²) in [5, 5.41) is 17.0. The summed E-state index contributed by atoms with van der Waals surface area (Å²) in [5.41, 5.74) is 7.65. The lowest BCUT2D eigenvalue weighted by Gasteiger charge is -2.34. The first-order chi connectivity index (χ1) is 9.17. The number of nitrogens with one attached hydrogen (secondary N) is 1. The Morgan fingerprint density at radius 3 is 2.68 bits per heavy atom. The second-order valence-electron chi connectivity index (χ2n) is 4.88. The molecule has 0 saturated carbocycles. The number of anilines is 1. The Hall–Kier alpha value is -1.20. The van der Waals surface area contributed by atoms with Gasteiger partial charge < -0.3 is 15.7 Å². The maximum Gasteiger partial charge on any atom is 0.126 e. The summed E-state index contributed by atoms with van der Waals surface area (Å²) < 4.78 is 0. The predicted molar refractivity (Wildman–Crippen MR) is 81.3 cm³/mol. The molecule has 4 nitrogen and oxygen atoms in total. The largest absolute Gasteiger partial charge is 0.396 e. The number of rotatable bonds is 4. The lowest BCUT2D eigenvalue weighted by Crippen LogP contribution is -2.36. The van der Waals surface area contributed by atoms with Gasteiger partial charge in [0.15, 0.2) is 0 Å². The van der Waals surface area contributed by atoms with Crippen LogP contribution in [0.3, 0.4) is 0 Å². The normalized spacial score (nSPS) is 16.6. The number of hydrogen-bond acceptors (Lipinski definition) is 4. The van der Waals surface area contributed by atoms with Crippen LogP contribution in [0.2, 0.25) is 0 Å². The van der Waals surface area contributed by atoms with Gasteiger partial charge in [0.05, 0.1) is 5.56 Å². The second-order valence-corrected chi connectivity index (χ2v) is 5.73. The van der Waals surface area contributed by atoms with Crippen LogP contribution in [-0.4, -0.2) is 36.9 Å². The maximum atomic E-state index is 9.20. The highest BCUT2D eigenvalue weighted by atomic mass is 32.2. The molecule has 0 spiro atoms. The zero-order valence-electron chi connectivity index (χ0n) is 11.2. The molecule has 5 heteroatoms. The molecule has 0 unspecified atom stereocenters. The Balaban J connectivity index is 2.27. The molecule has 19 heavy (non-hydrogen) atoms. The van der Waals surface area contributed by atoms with Crippen molar-refractivity contribution in [3.63, 3.8) is 0 Å². The predicted octanol–water partition coefficient (Wildman–Crippen LogP) is 1.90. The van der Waals surface area contributed by atoms with Gasteiger partial charge in [0.25, 0.3) is 0 Å². The summed E-state index contributed by atoms with van der Waals surface area (Å²) >= 11 is 1.62. The third-order valence-electron chi connectivity index (χ3n) is 3.71. The summed E-state index contributed by atoms with van der Waals surface area (Å²) in [6.45, 7) is 2.12. The van der Waals surface area contributed by atoms with Crippen LogP contribution in [0.25, 0.3) is 0 Å². The number of piperidine rings is 1. The number of benzene rings is 1. The molecule has 0 bridgehead atoms. The number of aliphatic hydroxyl groups excluding tert-OH is 1. The fraction of sp³-hybridized carbons (Fsp3) is 0.500. The molecule has 0 aromatic heterocycles. The van der Waals surface area contributed by atoms with Gasteiger partial charge in [-0.3, -0.25) is 5.41 Å². The molecule has 1 heterocycles. The third kappa shape index (κ3) is 3.04. The molecule has 0 radical (unpaired) electrons. The van der Waals surface area contributed by atoms with Crippen LogP contribution in [-0.2, 0) is 0 Å². The van der Waals surface area contributed by atoms with E-state index in [2.05, 4.69) is 4.90 Å². The van der Waals surface area contributed by atoms with E-state index in [9.17, 15) is 5.11 Å². The smallest absolute Gasteiger partial charge is 0.126 e. The third-order valence-corrected chi connectivity index (χ3v) is 4.49. The Labute approximate surface area is 118 Å². The molecule has 1 aliphatic rings. The van der Waals surface area contributed by atoms with Crippen molar-refractivity contribution < 1.29 is 5.11 Å². The van der Waals surface area contributed by atoms with Gasteiger partial charge in [0.1, 0.15) is 5.84 Å². The summed E-state index contributed by atoms with van der Waals surface area (Å²) in [4.78, 5) is 3.33. The first kappa shape index (κ1) is 14.2. The number of nitrogens with zero attached hydrogens (tertiary/aromatic N) is 1. The number of hydrogen-bond donors (Lipinski definition) is 3. The van der Waals surface area contributed by atoms with Gasteiger partial charge in [-0.25, -0.2) is 0 Å². The van der Waals surface area contributed by atoms with Gasteiger partial charge >= 0.3 is 0 Å². The zero-order valence-corrected chi connectivity index (χ0v) is 12.0. The van der Waals surface area contributed by atoms with Crippen LogP contribution in [0.15, 0.2) is 23.1 Å². The van der Waals surface area contributed by atoms with E-state index in [0.717, 1.165) is 42.1 Å². The van der Waals surface area contributed by atoms with E-state index in [1.807, 2.05) is 24.5 Å². The van der Waals surface area contributed by atoms with E-state index in [1.165, 1.54) is 0 Å². The van der Waals surface area contributed by atoms with Gasteiger partial charge in [-0.05, 0) is 37.1 Å². The van der Waals surface area contributed by atoms with E-state index in [0.29, 0.717) is 5.92 Å². The number of thioether (sulfide) groups is 1. The number of amidine groups is 1. The van der Waals surface area contributed by atoms with Crippen LogP contribution < -0.4 is 10.6 Å². The van der Waals surface area contributed by atoms with Crippen molar-refractivity contribution in [3.8, 4) is 0 Å². The van der Waals surface area contributed by atoms with Crippen LogP contribution in [0.1, 0.15) is 18.4 Å².